The number of hydrogen-bond acceptors (Lipinski definition) is 2. The summed E-state index contributed by atoms with van der Waals surface area (Å²) in [4.78, 5) is 11.8. The highest BCUT2D eigenvalue weighted by Gasteiger charge is 2.35. The predicted octanol–water partition coefficient (Wildman–Crippen LogP) is 2.83. The maximum atomic E-state index is 11.8. The molecule has 0 aromatic heterocycles. The molecule has 0 bridgehead atoms. The van der Waals surface area contributed by atoms with Gasteiger partial charge in [0.1, 0.15) is 0 Å². The Kier molecular flexibility index (Phi) is 2.58. The molecule has 2 nitrogen and oxygen atoms in total. The van der Waals surface area contributed by atoms with Gasteiger partial charge in [0.2, 0.25) is 0 Å². The second-order valence-electron chi connectivity index (χ2n) is 4.57. The van der Waals surface area contributed by atoms with Crippen LogP contribution < -0.4 is 0 Å². The topological polar surface area (TPSA) is 26.3 Å². The number of rotatable bonds is 1. The lowest BCUT2D eigenvalue weighted by atomic mass is 9.75. The van der Waals surface area contributed by atoms with E-state index in [4.69, 9.17) is 4.74 Å². The minimum absolute atomic E-state index is 0.165. The van der Waals surface area contributed by atoms with E-state index in [1.165, 1.54) is 18.2 Å². The summed E-state index contributed by atoms with van der Waals surface area (Å²) >= 11 is 0. The van der Waals surface area contributed by atoms with Gasteiger partial charge in [-0.05, 0) is 37.0 Å². The van der Waals surface area contributed by atoms with Crippen LogP contribution in [0, 0.1) is 5.41 Å². The van der Waals surface area contributed by atoms with Gasteiger partial charge in [0, 0.05) is 0 Å². The number of carbonyl (C=O) groups is 1. The van der Waals surface area contributed by atoms with Gasteiger partial charge in [-0.1, -0.05) is 30.3 Å². The molecule has 2 rings (SSSR count). The Bertz CT molecular complexity index is 460. The number of esters is 1. The van der Waals surface area contributed by atoms with Crippen LogP contribution in [0.5, 0.6) is 0 Å². The number of allylic oxidation sites excluding steroid dienone is 1. The van der Waals surface area contributed by atoms with Crippen LogP contribution >= 0.6 is 0 Å². The van der Waals surface area contributed by atoms with E-state index in [1.54, 1.807) is 0 Å². The van der Waals surface area contributed by atoms with E-state index in [0.29, 0.717) is 6.42 Å². The van der Waals surface area contributed by atoms with E-state index >= 15 is 0 Å². The van der Waals surface area contributed by atoms with Crippen LogP contribution in [-0.4, -0.2) is 13.1 Å². The first-order valence-electron chi connectivity index (χ1n) is 5.43. The third-order valence-electron chi connectivity index (χ3n) is 3.19. The van der Waals surface area contributed by atoms with Gasteiger partial charge in [-0.2, -0.15) is 0 Å². The molecule has 2 heteroatoms. The van der Waals surface area contributed by atoms with Crippen LogP contribution in [0.4, 0.5) is 0 Å². The highest BCUT2D eigenvalue weighted by molar-refractivity contribution is 5.84. The van der Waals surface area contributed by atoms with Crippen LogP contribution in [0.25, 0.3) is 5.57 Å². The molecule has 0 fully saturated rings. The number of methoxy groups -OCH3 is 1. The molecule has 1 aliphatic carbocycles. The van der Waals surface area contributed by atoms with E-state index in [2.05, 4.69) is 12.1 Å². The molecular weight excluding hydrogens is 200 g/mol. The highest BCUT2D eigenvalue weighted by Crippen LogP contribution is 2.37. The second-order valence-corrected chi connectivity index (χ2v) is 4.57. The lowest BCUT2D eigenvalue weighted by Gasteiger charge is -2.29. The standard InChI is InChI=1S/C14H16O2/c1-10-8-14(2,13(15)16-3)9-11-6-4-5-7-12(10)11/h4-8H,9H2,1-3H3/t14-/m1/s1. The average Bonchev–Trinajstić information content (AvgIpc) is 2.27. The maximum Gasteiger partial charge on any atom is 0.315 e. The fourth-order valence-corrected chi connectivity index (χ4v) is 2.43. The lowest BCUT2D eigenvalue weighted by Crippen LogP contribution is -2.32. The van der Waals surface area contributed by atoms with Crippen LogP contribution in [-0.2, 0) is 16.0 Å². The Morgan fingerprint density at radius 3 is 2.75 bits per heavy atom. The van der Waals surface area contributed by atoms with Gasteiger partial charge in [0.05, 0.1) is 12.5 Å². The molecule has 1 atom stereocenters. The summed E-state index contributed by atoms with van der Waals surface area (Å²) in [5.74, 6) is -0.165. The monoisotopic (exact) mass is 216 g/mol. The van der Waals surface area contributed by atoms with Gasteiger partial charge < -0.3 is 4.74 Å². The summed E-state index contributed by atoms with van der Waals surface area (Å²) in [5, 5.41) is 0. The van der Waals surface area contributed by atoms with E-state index in [-0.39, 0.29) is 5.97 Å². The van der Waals surface area contributed by atoms with Gasteiger partial charge in [0.15, 0.2) is 0 Å². The van der Waals surface area contributed by atoms with E-state index in [1.807, 2.05) is 32.1 Å². The van der Waals surface area contributed by atoms with Crippen molar-refractivity contribution >= 4 is 11.5 Å². The Balaban J connectivity index is 2.47. The number of carbonyl (C=O) groups excluding carboxylic acids is 1. The Hall–Kier alpha value is -1.57. The zero-order valence-corrected chi connectivity index (χ0v) is 9.91. The molecule has 0 radical (unpaired) electrons. The first-order chi connectivity index (χ1) is 7.57. The summed E-state index contributed by atoms with van der Waals surface area (Å²) in [5.41, 5.74) is 3.08. The fraction of sp³-hybridized carbons (Fsp3) is 0.357. The Labute approximate surface area is 95.9 Å². The van der Waals surface area contributed by atoms with E-state index in [9.17, 15) is 4.79 Å². The van der Waals surface area contributed by atoms with Crippen molar-refractivity contribution < 1.29 is 9.53 Å². The zero-order valence-electron chi connectivity index (χ0n) is 9.91. The molecule has 1 aromatic rings. The van der Waals surface area contributed by atoms with Crippen molar-refractivity contribution in [3.8, 4) is 0 Å². The second kappa shape index (κ2) is 3.78. The minimum atomic E-state index is -0.521. The molecule has 0 saturated heterocycles. The molecule has 84 valence electrons. The molecule has 0 saturated carbocycles. The van der Waals surface area contributed by atoms with Gasteiger partial charge in [-0.25, -0.2) is 0 Å². The predicted molar refractivity (Wildman–Crippen MR) is 63.9 cm³/mol. The van der Waals surface area contributed by atoms with E-state index in [0.717, 1.165) is 5.57 Å². The molecule has 0 N–H and O–H groups in total. The van der Waals surface area contributed by atoms with Gasteiger partial charge in [-0.15, -0.1) is 0 Å². The normalized spacial score (nSPS) is 23.3. The van der Waals surface area contributed by atoms with Crippen molar-refractivity contribution in [1.82, 2.24) is 0 Å². The maximum absolute atomic E-state index is 11.8. The molecule has 0 unspecified atom stereocenters. The largest absolute Gasteiger partial charge is 0.468 e. The van der Waals surface area contributed by atoms with Gasteiger partial charge in [0.25, 0.3) is 0 Å². The number of ether oxygens (including phenoxy) is 1. The van der Waals surface area contributed by atoms with Crippen LogP contribution in [0.15, 0.2) is 30.3 Å². The highest BCUT2D eigenvalue weighted by atomic mass is 16.5. The fourth-order valence-electron chi connectivity index (χ4n) is 2.43. The lowest BCUT2D eigenvalue weighted by molar-refractivity contribution is -0.148. The van der Waals surface area contributed by atoms with Crippen molar-refractivity contribution in [2.24, 2.45) is 5.41 Å². The third-order valence-corrected chi connectivity index (χ3v) is 3.19. The summed E-state index contributed by atoms with van der Waals surface area (Å²) in [6, 6.07) is 8.21. The zero-order chi connectivity index (χ0) is 11.8. The van der Waals surface area contributed by atoms with Crippen molar-refractivity contribution in [3.05, 3.63) is 41.5 Å². The van der Waals surface area contributed by atoms with Crippen molar-refractivity contribution in [2.75, 3.05) is 7.11 Å². The molecule has 0 heterocycles. The van der Waals surface area contributed by atoms with Crippen LogP contribution in [0.1, 0.15) is 25.0 Å². The van der Waals surface area contributed by atoms with Crippen molar-refractivity contribution in [2.45, 2.75) is 20.3 Å². The molecule has 1 aliphatic rings. The summed E-state index contributed by atoms with van der Waals surface area (Å²) < 4.78 is 4.87. The third kappa shape index (κ3) is 1.64. The van der Waals surface area contributed by atoms with Gasteiger partial charge >= 0.3 is 5.97 Å². The number of fused-ring (bicyclic) bond motifs is 1. The average molecular weight is 216 g/mol. The van der Waals surface area contributed by atoms with Crippen molar-refractivity contribution in [1.29, 1.82) is 0 Å². The molecule has 0 aliphatic heterocycles. The Morgan fingerprint density at radius 1 is 1.38 bits per heavy atom. The summed E-state index contributed by atoms with van der Waals surface area (Å²) in [6.07, 6.45) is 2.73. The van der Waals surface area contributed by atoms with Crippen molar-refractivity contribution in [3.63, 3.8) is 0 Å². The molecular formula is C14H16O2. The quantitative estimate of drug-likeness (QED) is 0.675. The molecule has 1 aromatic carbocycles. The summed E-state index contributed by atoms with van der Waals surface area (Å²) in [6.45, 7) is 3.97. The molecule has 0 amide bonds. The number of hydrogen-bond donors (Lipinski definition) is 0. The number of benzene rings is 1. The molecule has 16 heavy (non-hydrogen) atoms. The van der Waals surface area contributed by atoms with E-state index < -0.39 is 5.41 Å². The SMILES string of the molecule is COC(=O)[C@]1(C)C=C(C)c2ccccc2C1. The molecule has 0 spiro atoms. The smallest absolute Gasteiger partial charge is 0.315 e. The first kappa shape index (κ1) is 10.9. The minimum Gasteiger partial charge on any atom is -0.468 e. The van der Waals surface area contributed by atoms with Crippen LogP contribution in [0.2, 0.25) is 0 Å². The first-order valence-corrected chi connectivity index (χ1v) is 5.43. The Morgan fingerprint density at radius 2 is 2.06 bits per heavy atom. The van der Waals surface area contributed by atoms with Crippen LogP contribution in [0.3, 0.4) is 0 Å². The summed E-state index contributed by atoms with van der Waals surface area (Å²) in [7, 11) is 1.44. The van der Waals surface area contributed by atoms with Gasteiger partial charge in [-0.3, -0.25) is 4.79 Å².